The van der Waals surface area contributed by atoms with Gasteiger partial charge < -0.3 is 9.47 Å². The van der Waals surface area contributed by atoms with Crippen molar-refractivity contribution < 1.29 is 14.3 Å². The molecule has 0 spiro atoms. The fourth-order valence-electron chi connectivity index (χ4n) is 1.87. The number of esters is 1. The van der Waals surface area contributed by atoms with E-state index in [4.69, 9.17) is 9.47 Å². The van der Waals surface area contributed by atoms with Crippen molar-refractivity contribution in [3.63, 3.8) is 0 Å². The van der Waals surface area contributed by atoms with Crippen molar-refractivity contribution in [2.45, 2.75) is 37.5 Å². The van der Waals surface area contributed by atoms with Gasteiger partial charge in [0.05, 0.1) is 21.9 Å². The molecule has 0 aromatic carbocycles. The Morgan fingerprint density at radius 1 is 1.60 bits per heavy atom. The van der Waals surface area contributed by atoms with E-state index in [2.05, 4.69) is 19.6 Å². The normalized spacial score (nSPS) is 27.1. The van der Waals surface area contributed by atoms with Crippen LogP contribution in [-0.2, 0) is 14.3 Å². The van der Waals surface area contributed by atoms with Gasteiger partial charge in [-0.2, -0.15) is 12.6 Å². The van der Waals surface area contributed by atoms with Gasteiger partial charge in [0, 0.05) is 11.8 Å². The van der Waals surface area contributed by atoms with Crippen molar-refractivity contribution in [2.75, 3.05) is 19.0 Å². The third-order valence-electron chi connectivity index (χ3n) is 2.79. The summed E-state index contributed by atoms with van der Waals surface area (Å²) in [6.45, 7) is 3.66. The highest BCUT2D eigenvalue weighted by Crippen LogP contribution is 2.23. The minimum atomic E-state index is -0.306. The Morgan fingerprint density at radius 3 is 3.00 bits per heavy atom. The topological polar surface area (TPSA) is 35.5 Å². The molecule has 0 saturated carbocycles. The van der Waals surface area contributed by atoms with E-state index in [-0.39, 0.29) is 26.5 Å². The van der Waals surface area contributed by atoms with E-state index < -0.39 is 0 Å². The maximum absolute atomic E-state index is 10.8. The highest BCUT2D eigenvalue weighted by atomic mass is 32.1. The minimum absolute atomic E-state index is 0.144. The van der Waals surface area contributed by atoms with Gasteiger partial charge >= 0.3 is 5.97 Å². The molecule has 0 aliphatic carbocycles. The number of carbonyl (C=O) groups excluding carboxylic acids is 1. The van der Waals surface area contributed by atoms with Crippen molar-refractivity contribution in [1.82, 2.24) is 0 Å². The Morgan fingerprint density at radius 2 is 2.40 bits per heavy atom. The summed E-state index contributed by atoms with van der Waals surface area (Å²) in [6, 6.07) is 1.01. The summed E-state index contributed by atoms with van der Waals surface area (Å²) in [5.74, 6) is -0.0444. The van der Waals surface area contributed by atoms with Crippen molar-refractivity contribution in [3.8, 4) is 0 Å². The molecule has 1 rings (SSSR count). The Balaban J connectivity index is 2.10. The van der Waals surface area contributed by atoms with Crippen LogP contribution in [0.1, 0.15) is 26.2 Å². The first-order valence-electron chi connectivity index (χ1n) is 5.57. The number of hydrogen-bond donors (Lipinski definition) is 1. The number of carbonyl (C=O) groups is 1. The second-order valence-electron chi connectivity index (χ2n) is 4.24. The van der Waals surface area contributed by atoms with E-state index >= 15 is 0 Å². The predicted molar refractivity (Wildman–Crippen MR) is 66.4 cm³/mol. The minimum Gasteiger partial charge on any atom is -0.465 e. The Bertz CT molecular complexity index is 205. The fourth-order valence-corrected chi connectivity index (χ4v) is 3.78. The van der Waals surface area contributed by atoms with Gasteiger partial charge in [-0.1, -0.05) is 0 Å². The van der Waals surface area contributed by atoms with Gasteiger partial charge in [-0.15, -0.1) is 0 Å². The molecule has 0 amide bonds. The van der Waals surface area contributed by atoms with Gasteiger partial charge in [-0.3, -0.25) is 4.79 Å². The summed E-state index contributed by atoms with van der Waals surface area (Å²) in [7, 11) is -0.306. The second-order valence-corrected chi connectivity index (χ2v) is 7.26. The van der Waals surface area contributed by atoms with E-state index in [0.717, 1.165) is 12.7 Å². The molecule has 1 aliphatic heterocycles. The first-order valence-corrected chi connectivity index (χ1v) is 7.91. The largest absolute Gasteiger partial charge is 0.465 e. The van der Waals surface area contributed by atoms with E-state index in [1.807, 2.05) is 0 Å². The zero-order valence-electron chi connectivity index (χ0n) is 9.33. The van der Waals surface area contributed by atoms with Crippen LogP contribution in [0.4, 0.5) is 0 Å². The molecule has 0 aromatic heterocycles. The Kier molecular flexibility index (Phi) is 5.71. The quantitative estimate of drug-likeness (QED) is 0.341. The van der Waals surface area contributed by atoms with Crippen molar-refractivity contribution in [1.29, 1.82) is 0 Å². The number of thiol groups is 1. The van der Waals surface area contributed by atoms with Gasteiger partial charge in [0.2, 0.25) is 0 Å². The molecular formula is C10H20O3SSi. The Hall–Kier alpha value is -0.00312. The molecule has 1 atom stereocenters. The predicted octanol–water partition coefficient (Wildman–Crippen LogP) is 0.963. The molecule has 1 heterocycles. The van der Waals surface area contributed by atoms with E-state index in [1.54, 1.807) is 0 Å². The lowest BCUT2D eigenvalue weighted by molar-refractivity contribution is -0.139. The van der Waals surface area contributed by atoms with Crippen LogP contribution < -0.4 is 0 Å². The maximum atomic E-state index is 10.8. The van der Waals surface area contributed by atoms with Gasteiger partial charge in [0.15, 0.2) is 0 Å². The lowest BCUT2D eigenvalue weighted by Gasteiger charge is -2.33. The Labute approximate surface area is 99.1 Å². The summed E-state index contributed by atoms with van der Waals surface area (Å²) < 4.78 is 10.8. The summed E-state index contributed by atoms with van der Waals surface area (Å²) in [5.41, 5.74) is 0. The standard InChI is InChI=1S/C10H20O3SSi/c1-10(4-2-3-5-13-10)15-7-6-12-9(11)8-14/h14H,2-8,15H2,1H3. The average Bonchev–Trinajstić information content (AvgIpc) is 2.25. The molecule has 1 saturated heterocycles. The van der Waals surface area contributed by atoms with Crippen LogP contribution in [0.5, 0.6) is 0 Å². The third kappa shape index (κ3) is 5.04. The summed E-state index contributed by atoms with van der Waals surface area (Å²) in [5, 5.41) is 0.144. The van der Waals surface area contributed by atoms with Crippen LogP contribution in [0.25, 0.3) is 0 Å². The molecule has 1 unspecified atom stereocenters. The zero-order chi connectivity index (χ0) is 11.1. The lowest BCUT2D eigenvalue weighted by Crippen LogP contribution is -2.39. The van der Waals surface area contributed by atoms with Crippen LogP contribution in [-0.4, -0.2) is 39.7 Å². The lowest BCUT2D eigenvalue weighted by atomic mass is 10.1. The zero-order valence-corrected chi connectivity index (χ0v) is 11.6. The first-order chi connectivity index (χ1) is 7.16. The molecule has 0 bridgehead atoms. The van der Waals surface area contributed by atoms with Crippen molar-refractivity contribution in [3.05, 3.63) is 0 Å². The molecular weight excluding hydrogens is 228 g/mol. The highest BCUT2D eigenvalue weighted by molar-refractivity contribution is 7.81. The summed E-state index contributed by atoms with van der Waals surface area (Å²) >= 11 is 3.85. The van der Waals surface area contributed by atoms with Crippen LogP contribution in [0.3, 0.4) is 0 Å². The summed E-state index contributed by atoms with van der Waals surface area (Å²) in [4.78, 5) is 10.8. The first kappa shape index (κ1) is 13.1. The second kappa shape index (κ2) is 6.55. The SMILES string of the molecule is CC1([SiH2]CCOC(=O)CS)CCCCO1. The fraction of sp³-hybridized carbons (Fsp3) is 0.900. The monoisotopic (exact) mass is 248 g/mol. The van der Waals surface area contributed by atoms with Crippen molar-refractivity contribution in [2.24, 2.45) is 0 Å². The average molecular weight is 248 g/mol. The van der Waals surface area contributed by atoms with Gasteiger partial charge in [-0.25, -0.2) is 0 Å². The molecule has 5 heteroatoms. The van der Waals surface area contributed by atoms with Gasteiger partial charge in [0.1, 0.15) is 0 Å². The summed E-state index contributed by atoms with van der Waals surface area (Å²) in [6.07, 6.45) is 3.65. The van der Waals surface area contributed by atoms with Crippen LogP contribution in [0, 0.1) is 0 Å². The molecule has 0 aromatic rings. The van der Waals surface area contributed by atoms with E-state index in [1.165, 1.54) is 19.3 Å². The highest BCUT2D eigenvalue weighted by Gasteiger charge is 2.27. The number of rotatable bonds is 5. The van der Waals surface area contributed by atoms with Crippen LogP contribution in [0.15, 0.2) is 0 Å². The maximum Gasteiger partial charge on any atom is 0.315 e. The van der Waals surface area contributed by atoms with Gasteiger partial charge in [-0.05, 0) is 32.2 Å². The molecule has 1 aliphatic rings. The molecule has 3 nitrogen and oxygen atoms in total. The molecule has 0 radical (unpaired) electrons. The smallest absolute Gasteiger partial charge is 0.315 e. The molecule has 1 fully saturated rings. The van der Waals surface area contributed by atoms with Crippen molar-refractivity contribution >= 4 is 28.1 Å². The molecule has 88 valence electrons. The molecule has 0 N–H and O–H groups in total. The number of hydrogen-bond acceptors (Lipinski definition) is 4. The van der Waals surface area contributed by atoms with Gasteiger partial charge in [0.25, 0.3) is 0 Å². The molecule has 15 heavy (non-hydrogen) atoms. The van der Waals surface area contributed by atoms with E-state index in [9.17, 15) is 4.79 Å². The number of ether oxygens (including phenoxy) is 2. The third-order valence-corrected chi connectivity index (χ3v) is 5.31. The van der Waals surface area contributed by atoms with Crippen LogP contribution >= 0.6 is 12.6 Å². The van der Waals surface area contributed by atoms with Crippen LogP contribution in [0.2, 0.25) is 6.04 Å². The van der Waals surface area contributed by atoms with E-state index in [0.29, 0.717) is 6.61 Å².